The molecule has 1 aliphatic heterocycles. The maximum atomic E-state index is 12.2. The van der Waals surface area contributed by atoms with E-state index in [1.54, 1.807) is 11.3 Å². The number of nitrogens with zero attached hydrogens (tertiary/aromatic N) is 1. The predicted octanol–water partition coefficient (Wildman–Crippen LogP) is 2.13. The van der Waals surface area contributed by atoms with Crippen LogP contribution in [0.2, 0.25) is 0 Å². The van der Waals surface area contributed by atoms with E-state index in [4.69, 9.17) is 5.73 Å². The van der Waals surface area contributed by atoms with E-state index >= 15 is 0 Å². The fraction of sp³-hybridized carbons (Fsp3) is 0.667. The van der Waals surface area contributed by atoms with Crippen molar-refractivity contribution in [2.75, 3.05) is 13.1 Å². The van der Waals surface area contributed by atoms with E-state index in [9.17, 15) is 4.79 Å². The molecule has 1 aliphatic rings. The zero-order chi connectivity index (χ0) is 14.5. The fourth-order valence-electron chi connectivity index (χ4n) is 2.94. The molecule has 0 aliphatic carbocycles. The fourth-order valence-corrected chi connectivity index (χ4v) is 3.67. The summed E-state index contributed by atoms with van der Waals surface area (Å²) in [7, 11) is 0. The highest BCUT2D eigenvalue weighted by Gasteiger charge is 2.28. The molecule has 5 heteroatoms. The van der Waals surface area contributed by atoms with Gasteiger partial charge in [-0.25, -0.2) is 0 Å². The van der Waals surface area contributed by atoms with Gasteiger partial charge in [-0.05, 0) is 38.1 Å². The second-order valence-corrected chi connectivity index (χ2v) is 6.63. The van der Waals surface area contributed by atoms with Gasteiger partial charge in [0.25, 0.3) is 0 Å². The van der Waals surface area contributed by atoms with E-state index in [0.717, 1.165) is 12.8 Å². The van der Waals surface area contributed by atoms with Gasteiger partial charge in [-0.2, -0.15) is 0 Å². The second-order valence-electron chi connectivity index (χ2n) is 5.65. The molecule has 3 unspecified atom stereocenters. The van der Waals surface area contributed by atoms with E-state index < -0.39 is 0 Å². The first-order valence-electron chi connectivity index (χ1n) is 7.40. The number of piperidine rings is 1. The lowest BCUT2D eigenvalue weighted by Gasteiger charge is -2.39. The quantitative estimate of drug-likeness (QED) is 0.875. The number of carbonyl (C=O) groups is 1. The minimum Gasteiger partial charge on any atom is -0.348 e. The Morgan fingerprint density at radius 2 is 2.40 bits per heavy atom. The summed E-state index contributed by atoms with van der Waals surface area (Å²) >= 11 is 1.68. The Morgan fingerprint density at radius 1 is 1.60 bits per heavy atom. The highest BCUT2D eigenvalue weighted by atomic mass is 32.1. The van der Waals surface area contributed by atoms with Crippen LogP contribution in [0.3, 0.4) is 0 Å². The largest absolute Gasteiger partial charge is 0.348 e. The number of carbonyl (C=O) groups excluding carboxylic acids is 1. The Hall–Kier alpha value is -0.910. The van der Waals surface area contributed by atoms with Gasteiger partial charge in [-0.1, -0.05) is 12.5 Å². The Bertz CT molecular complexity index is 421. The van der Waals surface area contributed by atoms with E-state index in [2.05, 4.69) is 23.2 Å². The van der Waals surface area contributed by atoms with E-state index in [0.29, 0.717) is 25.2 Å². The number of rotatable bonds is 5. The van der Waals surface area contributed by atoms with Crippen LogP contribution in [0.25, 0.3) is 0 Å². The molecule has 1 saturated heterocycles. The number of hydrogen-bond donors (Lipinski definition) is 2. The zero-order valence-electron chi connectivity index (χ0n) is 12.3. The summed E-state index contributed by atoms with van der Waals surface area (Å²) in [5, 5.41) is 5.12. The predicted molar refractivity (Wildman–Crippen MR) is 83.7 cm³/mol. The van der Waals surface area contributed by atoms with Gasteiger partial charge in [0.15, 0.2) is 0 Å². The van der Waals surface area contributed by atoms with Crippen molar-refractivity contribution in [2.24, 2.45) is 5.73 Å². The molecule has 0 bridgehead atoms. The standard InChI is InChI=1S/C15H25N3OS/c1-11-5-3-6-13(9-16)18(11)10-15(19)17-12(2)14-7-4-8-20-14/h4,7-8,11-13H,3,5-6,9-10,16H2,1-2H3,(H,17,19). The molecular weight excluding hydrogens is 270 g/mol. The van der Waals surface area contributed by atoms with Gasteiger partial charge in [-0.15, -0.1) is 11.3 Å². The molecular formula is C15H25N3OS. The topological polar surface area (TPSA) is 58.4 Å². The number of hydrogen-bond acceptors (Lipinski definition) is 4. The maximum absolute atomic E-state index is 12.2. The summed E-state index contributed by atoms with van der Waals surface area (Å²) in [5.74, 6) is 0.0955. The molecule has 4 nitrogen and oxygen atoms in total. The van der Waals surface area contributed by atoms with Crippen molar-refractivity contribution in [1.29, 1.82) is 0 Å². The third kappa shape index (κ3) is 3.81. The molecule has 0 spiro atoms. The highest BCUT2D eigenvalue weighted by molar-refractivity contribution is 7.10. The highest BCUT2D eigenvalue weighted by Crippen LogP contribution is 2.22. The average molecular weight is 295 g/mol. The van der Waals surface area contributed by atoms with Gasteiger partial charge in [0.2, 0.25) is 5.91 Å². The third-order valence-corrected chi connectivity index (χ3v) is 5.20. The van der Waals surface area contributed by atoms with Gasteiger partial charge in [0.1, 0.15) is 0 Å². The molecule has 3 N–H and O–H groups in total. The lowest BCUT2D eigenvalue weighted by atomic mass is 9.96. The Labute approximate surface area is 125 Å². The van der Waals surface area contributed by atoms with E-state index in [1.807, 2.05) is 18.4 Å². The van der Waals surface area contributed by atoms with E-state index in [-0.39, 0.29) is 11.9 Å². The summed E-state index contributed by atoms with van der Waals surface area (Å²) in [5.41, 5.74) is 5.84. The van der Waals surface area contributed by atoms with Gasteiger partial charge in [0.05, 0.1) is 12.6 Å². The molecule has 20 heavy (non-hydrogen) atoms. The first kappa shape index (κ1) is 15.5. The molecule has 3 atom stereocenters. The maximum Gasteiger partial charge on any atom is 0.234 e. The van der Waals surface area contributed by atoms with Crippen LogP contribution in [-0.2, 0) is 4.79 Å². The van der Waals surface area contributed by atoms with Crippen LogP contribution in [-0.4, -0.2) is 36.0 Å². The van der Waals surface area contributed by atoms with Crippen molar-refractivity contribution in [1.82, 2.24) is 10.2 Å². The van der Waals surface area contributed by atoms with Crippen LogP contribution in [0.4, 0.5) is 0 Å². The SMILES string of the molecule is CC(NC(=O)CN1C(C)CCCC1CN)c1cccs1. The van der Waals surface area contributed by atoms with Crippen LogP contribution in [0.1, 0.15) is 44.0 Å². The number of nitrogens with two attached hydrogens (primary N) is 1. The molecule has 0 radical (unpaired) electrons. The van der Waals surface area contributed by atoms with Crippen molar-refractivity contribution < 1.29 is 4.79 Å². The van der Waals surface area contributed by atoms with Crippen LogP contribution in [0.15, 0.2) is 17.5 Å². The van der Waals surface area contributed by atoms with Gasteiger partial charge < -0.3 is 11.1 Å². The number of thiophene rings is 1. The molecule has 1 fully saturated rings. The van der Waals surface area contributed by atoms with Crippen LogP contribution < -0.4 is 11.1 Å². The molecule has 0 aromatic carbocycles. The van der Waals surface area contributed by atoms with Gasteiger partial charge in [0, 0.05) is 23.5 Å². The van der Waals surface area contributed by atoms with Crippen molar-refractivity contribution in [3.05, 3.63) is 22.4 Å². The monoisotopic (exact) mass is 295 g/mol. The molecule has 0 saturated carbocycles. The third-order valence-electron chi connectivity index (χ3n) is 4.14. The molecule has 112 valence electrons. The van der Waals surface area contributed by atoms with Crippen molar-refractivity contribution in [3.63, 3.8) is 0 Å². The lowest BCUT2D eigenvalue weighted by molar-refractivity contribution is -0.124. The number of amides is 1. The Kier molecular flexibility index (Phi) is 5.57. The number of nitrogens with one attached hydrogen (secondary N) is 1. The van der Waals surface area contributed by atoms with Crippen LogP contribution >= 0.6 is 11.3 Å². The van der Waals surface area contributed by atoms with Gasteiger partial charge in [-0.3, -0.25) is 9.69 Å². The average Bonchev–Trinajstić information content (AvgIpc) is 2.95. The smallest absolute Gasteiger partial charge is 0.234 e. The number of likely N-dealkylation sites (tertiary alicyclic amines) is 1. The molecule has 1 aromatic rings. The molecule has 2 rings (SSSR count). The minimum atomic E-state index is 0.0823. The van der Waals surface area contributed by atoms with E-state index in [1.165, 1.54) is 11.3 Å². The summed E-state index contributed by atoms with van der Waals surface area (Å²) in [6.07, 6.45) is 3.48. The molecule has 2 heterocycles. The zero-order valence-corrected chi connectivity index (χ0v) is 13.2. The van der Waals surface area contributed by atoms with Crippen LogP contribution in [0, 0.1) is 0 Å². The molecule has 1 amide bonds. The van der Waals surface area contributed by atoms with Crippen molar-refractivity contribution in [3.8, 4) is 0 Å². The van der Waals surface area contributed by atoms with Crippen LogP contribution in [0.5, 0.6) is 0 Å². The summed E-state index contributed by atoms with van der Waals surface area (Å²) in [4.78, 5) is 15.7. The minimum absolute atomic E-state index is 0.0823. The Balaban J connectivity index is 1.89. The normalized spacial score (nSPS) is 25.4. The molecule has 1 aromatic heterocycles. The van der Waals surface area contributed by atoms with Crippen molar-refractivity contribution >= 4 is 17.2 Å². The first-order valence-corrected chi connectivity index (χ1v) is 8.28. The summed E-state index contributed by atoms with van der Waals surface area (Å²) < 4.78 is 0. The first-order chi connectivity index (χ1) is 9.61. The second kappa shape index (κ2) is 7.20. The lowest BCUT2D eigenvalue weighted by Crippen LogP contribution is -2.52. The van der Waals surface area contributed by atoms with Gasteiger partial charge >= 0.3 is 0 Å². The Morgan fingerprint density at radius 3 is 3.05 bits per heavy atom. The van der Waals surface area contributed by atoms with Crippen molar-refractivity contribution in [2.45, 2.75) is 51.2 Å². The summed E-state index contributed by atoms with van der Waals surface area (Å²) in [6.45, 7) is 5.32. The summed E-state index contributed by atoms with van der Waals surface area (Å²) in [6, 6.07) is 4.95.